The zero-order valence-electron chi connectivity index (χ0n) is 8.83. The fourth-order valence-corrected chi connectivity index (χ4v) is 1.82. The molecule has 1 aromatic rings. The molecule has 0 radical (unpaired) electrons. The van der Waals surface area contributed by atoms with Gasteiger partial charge in [0, 0.05) is 17.6 Å². The highest BCUT2D eigenvalue weighted by molar-refractivity contribution is 5.95. The van der Waals surface area contributed by atoms with Gasteiger partial charge in [0.1, 0.15) is 11.7 Å². The normalized spacial score (nSPS) is 14.0. The number of ether oxygens (including phenoxy) is 1. The number of rotatable bonds is 1. The summed E-state index contributed by atoms with van der Waals surface area (Å²) in [6.45, 7) is 2.05. The Morgan fingerprint density at radius 2 is 2.13 bits per heavy atom. The topological polar surface area (TPSA) is 26.3 Å². The van der Waals surface area contributed by atoms with Crippen molar-refractivity contribution in [1.82, 2.24) is 0 Å². The van der Waals surface area contributed by atoms with Crippen LogP contribution in [0.3, 0.4) is 0 Å². The van der Waals surface area contributed by atoms with Gasteiger partial charge in [0.25, 0.3) is 0 Å². The molecule has 2 nitrogen and oxygen atoms in total. The smallest absolute Gasteiger partial charge is 0.128 e. The first-order valence-electron chi connectivity index (χ1n) is 4.86. The minimum atomic E-state index is 0.662. The van der Waals surface area contributed by atoms with Crippen molar-refractivity contribution in [3.05, 3.63) is 35.4 Å². The van der Waals surface area contributed by atoms with Crippen LogP contribution in [0.5, 0.6) is 5.75 Å². The monoisotopic (exact) mass is 200 g/mol. The van der Waals surface area contributed by atoms with Crippen molar-refractivity contribution in [1.29, 1.82) is 0 Å². The zero-order valence-corrected chi connectivity index (χ0v) is 8.83. The summed E-state index contributed by atoms with van der Waals surface area (Å²) < 4.78 is 5.15. The van der Waals surface area contributed by atoms with Gasteiger partial charge in [-0.25, -0.2) is 4.79 Å². The molecule has 1 aliphatic carbocycles. The van der Waals surface area contributed by atoms with Crippen molar-refractivity contribution >= 4 is 17.1 Å². The predicted molar refractivity (Wildman–Crippen MR) is 60.4 cm³/mol. The van der Waals surface area contributed by atoms with Crippen LogP contribution in [0.25, 0.3) is 11.1 Å². The van der Waals surface area contributed by atoms with E-state index in [1.165, 1.54) is 5.57 Å². The largest absolute Gasteiger partial charge is 0.497 e. The van der Waals surface area contributed by atoms with Gasteiger partial charge in [-0.1, -0.05) is 12.1 Å². The number of methoxy groups -OCH3 is 1. The minimum Gasteiger partial charge on any atom is -0.497 e. The number of allylic oxidation sites excluding steroid dienone is 3. The minimum absolute atomic E-state index is 0.662. The van der Waals surface area contributed by atoms with Crippen LogP contribution in [0, 0.1) is 0 Å². The molecule has 1 aromatic carbocycles. The third kappa shape index (κ3) is 1.60. The third-order valence-electron chi connectivity index (χ3n) is 2.71. The molecule has 0 saturated carbocycles. The van der Waals surface area contributed by atoms with Crippen molar-refractivity contribution in [3.8, 4) is 5.75 Å². The Morgan fingerprint density at radius 3 is 2.80 bits per heavy atom. The van der Waals surface area contributed by atoms with E-state index in [-0.39, 0.29) is 0 Å². The van der Waals surface area contributed by atoms with Crippen molar-refractivity contribution in [3.63, 3.8) is 0 Å². The number of fused-ring (bicyclic) bond motifs is 1. The van der Waals surface area contributed by atoms with Gasteiger partial charge in [-0.3, -0.25) is 0 Å². The predicted octanol–water partition coefficient (Wildman–Crippen LogP) is 2.72. The van der Waals surface area contributed by atoms with Crippen LogP contribution < -0.4 is 4.74 Å². The molecule has 0 heterocycles. The second-order valence-electron chi connectivity index (χ2n) is 3.58. The Hall–Kier alpha value is -1.79. The molecule has 0 N–H and O–H groups in total. The average molecular weight is 200 g/mol. The Kier molecular flexibility index (Phi) is 2.44. The molecule has 1 aliphatic rings. The lowest BCUT2D eigenvalue weighted by molar-refractivity contribution is 0.414. The summed E-state index contributed by atoms with van der Waals surface area (Å²) in [6.07, 6.45) is 2.71. The van der Waals surface area contributed by atoms with Crippen molar-refractivity contribution in [2.45, 2.75) is 13.3 Å². The fraction of sp³-hybridized carbons (Fsp3) is 0.231. The molecule has 2 heteroatoms. The maximum atomic E-state index is 10.8. The molecule has 0 aromatic heterocycles. The van der Waals surface area contributed by atoms with Crippen molar-refractivity contribution in [2.75, 3.05) is 7.11 Å². The molecule has 76 valence electrons. The van der Waals surface area contributed by atoms with Crippen LogP contribution in [0.4, 0.5) is 0 Å². The lowest BCUT2D eigenvalue weighted by Crippen LogP contribution is -1.98. The van der Waals surface area contributed by atoms with Crippen LogP contribution in [0.15, 0.2) is 24.3 Å². The van der Waals surface area contributed by atoms with E-state index in [1.807, 2.05) is 31.1 Å². The molecule has 0 atom stereocenters. The van der Waals surface area contributed by atoms with E-state index in [0.717, 1.165) is 16.9 Å². The molecule has 0 spiro atoms. The van der Waals surface area contributed by atoms with Gasteiger partial charge in [-0.2, -0.15) is 0 Å². The van der Waals surface area contributed by atoms with Crippen LogP contribution >= 0.6 is 0 Å². The maximum absolute atomic E-state index is 10.8. The van der Waals surface area contributed by atoms with E-state index >= 15 is 0 Å². The number of benzene rings is 1. The molecule has 0 unspecified atom stereocenters. The molecule has 0 amide bonds. The first kappa shape index (κ1) is 9.75. The molecule has 15 heavy (non-hydrogen) atoms. The standard InChI is InChI=1S/C13H12O2/c1-9-3-4-10(8-14)13-7-11(15-2)5-6-12(9)13/h3,5-7H,4H2,1-2H3. The highest BCUT2D eigenvalue weighted by atomic mass is 16.5. The van der Waals surface area contributed by atoms with Crippen LogP contribution in [0.2, 0.25) is 0 Å². The summed E-state index contributed by atoms with van der Waals surface area (Å²) in [5.74, 6) is 2.77. The quantitative estimate of drug-likeness (QED) is 0.651. The molecular weight excluding hydrogens is 188 g/mol. The summed E-state index contributed by atoms with van der Waals surface area (Å²) in [6, 6.07) is 5.78. The second-order valence-corrected chi connectivity index (χ2v) is 3.58. The van der Waals surface area contributed by atoms with E-state index in [0.29, 0.717) is 12.0 Å². The lowest BCUT2D eigenvalue weighted by atomic mass is 9.88. The van der Waals surface area contributed by atoms with Crippen LogP contribution in [-0.2, 0) is 4.79 Å². The van der Waals surface area contributed by atoms with Gasteiger partial charge < -0.3 is 4.74 Å². The highest BCUT2D eigenvalue weighted by Crippen LogP contribution is 2.34. The summed E-state index contributed by atoms with van der Waals surface area (Å²) in [7, 11) is 1.62. The highest BCUT2D eigenvalue weighted by Gasteiger charge is 2.15. The number of carbonyl (C=O) groups excluding carboxylic acids is 1. The van der Waals surface area contributed by atoms with Gasteiger partial charge in [0.05, 0.1) is 7.11 Å². The van der Waals surface area contributed by atoms with Gasteiger partial charge in [0.2, 0.25) is 0 Å². The lowest BCUT2D eigenvalue weighted by Gasteiger charge is -2.16. The molecule has 0 bridgehead atoms. The second kappa shape index (κ2) is 3.76. The Labute approximate surface area is 88.9 Å². The van der Waals surface area contributed by atoms with E-state index in [4.69, 9.17) is 4.74 Å². The third-order valence-corrected chi connectivity index (χ3v) is 2.71. The molecule has 0 fully saturated rings. The Morgan fingerprint density at radius 1 is 1.33 bits per heavy atom. The first-order chi connectivity index (χ1) is 7.26. The summed E-state index contributed by atoms with van der Waals surface area (Å²) in [5.41, 5.74) is 3.95. The van der Waals surface area contributed by atoms with Gasteiger partial charge in [-0.05, 0) is 30.2 Å². The van der Waals surface area contributed by atoms with Gasteiger partial charge >= 0.3 is 0 Å². The average Bonchev–Trinajstić information content (AvgIpc) is 2.29. The number of hydrogen-bond acceptors (Lipinski definition) is 2. The van der Waals surface area contributed by atoms with Gasteiger partial charge in [0.15, 0.2) is 0 Å². The molecule has 2 rings (SSSR count). The Bertz CT molecular complexity index is 477. The van der Waals surface area contributed by atoms with E-state index < -0.39 is 0 Å². The van der Waals surface area contributed by atoms with E-state index in [1.54, 1.807) is 7.11 Å². The van der Waals surface area contributed by atoms with Crippen molar-refractivity contribution < 1.29 is 9.53 Å². The summed E-state index contributed by atoms with van der Waals surface area (Å²) >= 11 is 0. The molecule has 0 saturated heterocycles. The summed E-state index contributed by atoms with van der Waals surface area (Å²) in [4.78, 5) is 10.8. The van der Waals surface area contributed by atoms with Crippen LogP contribution in [0.1, 0.15) is 24.5 Å². The molecular formula is C13H12O2. The summed E-state index contributed by atoms with van der Waals surface area (Å²) in [5, 5.41) is 0. The fourth-order valence-electron chi connectivity index (χ4n) is 1.82. The Balaban J connectivity index is 2.65. The SMILES string of the molecule is COc1ccc2c(c1)C(=C=O)CC=C2C. The molecule has 0 aliphatic heterocycles. The van der Waals surface area contributed by atoms with Crippen LogP contribution in [-0.4, -0.2) is 13.1 Å². The van der Waals surface area contributed by atoms with E-state index in [2.05, 4.69) is 6.08 Å². The number of hydrogen-bond donors (Lipinski definition) is 0. The first-order valence-corrected chi connectivity index (χ1v) is 4.86. The van der Waals surface area contributed by atoms with E-state index in [9.17, 15) is 4.79 Å². The van der Waals surface area contributed by atoms with Crippen molar-refractivity contribution in [2.24, 2.45) is 0 Å². The maximum Gasteiger partial charge on any atom is 0.128 e. The zero-order chi connectivity index (χ0) is 10.8. The van der Waals surface area contributed by atoms with Gasteiger partial charge in [-0.15, -0.1) is 0 Å².